The van der Waals surface area contributed by atoms with Crippen molar-refractivity contribution in [2.45, 2.75) is 36.3 Å². The molecule has 2 aromatic heterocycles. The fourth-order valence-corrected chi connectivity index (χ4v) is 7.30. The summed E-state index contributed by atoms with van der Waals surface area (Å²) in [5.41, 5.74) is 7.24. The molecule has 0 radical (unpaired) electrons. The molecule has 1 amide bonds. The number of aromatic nitrogens is 1. The number of aliphatic carboxylic acids is 1. The van der Waals surface area contributed by atoms with E-state index in [9.17, 15) is 26.4 Å². The molecule has 39 heavy (non-hydrogen) atoms. The fraction of sp³-hybridized carbons (Fsp3) is 0.304. The van der Waals surface area contributed by atoms with Crippen LogP contribution >= 0.6 is 22.9 Å². The second-order valence-electron chi connectivity index (χ2n) is 8.51. The van der Waals surface area contributed by atoms with Gasteiger partial charge in [-0.2, -0.15) is 17.5 Å². The summed E-state index contributed by atoms with van der Waals surface area (Å²) in [6.45, 7) is 2.49. The number of likely N-dealkylation sites (tertiary alicyclic amines) is 1. The molecule has 1 aliphatic heterocycles. The maximum atomic E-state index is 13.4. The first-order valence-corrected chi connectivity index (χ1v) is 13.7. The van der Waals surface area contributed by atoms with Gasteiger partial charge in [0.05, 0.1) is 0 Å². The molecule has 16 heteroatoms. The number of carboxylic acids is 1. The lowest BCUT2D eigenvalue weighted by atomic mass is 10.2. The van der Waals surface area contributed by atoms with Crippen molar-refractivity contribution in [3.05, 3.63) is 58.4 Å². The highest BCUT2D eigenvalue weighted by molar-refractivity contribution is 7.91. The minimum Gasteiger partial charge on any atom is -0.475 e. The zero-order valence-corrected chi connectivity index (χ0v) is 22.9. The van der Waals surface area contributed by atoms with Crippen molar-refractivity contribution in [2.24, 2.45) is 5.73 Å². The lowest BCUT2D eigenvalue weighted by Gasteiger charge is -2.23. The molecule has 4 rings (SSSR count). The minimum absolute atomic E-state index is 0.150. The van der Waals surface area contributed by atoms with E-state index in [1.807, 2.05) is 0 Å². The van der Waals surface area contributed by atoms with Gasteiger partial charge in [0, 0.05) is 36.1 Å². The third-order valence-corrected chi connectivity index (χ3v) is 9.86. The van der Waals surface area contributed by atoms with Gasteiger partial charge in [0.2, 0.25) is 5.91 Å². The molecule has 3 aromatic rings. The molecule has 10 nitrogen and oxygen atoms in total. The van der Waals surface area contributed by atoms with E-state index in [1.165, 1.54) is 28.9 Å². The average Bonchev–Trinajstić information content (AvgIpc) is 3.38. The number of alkyl halides is 3. The number of carbonyl (C=O) groups excluding carboxylic acids is 1. The monoisotopic (exact) mass is 605 g/mol. The topological polar surface area (TPSA) is 158 Å². The van der Waals surface area contributed by atoms with Gasteiger partial charge in [-0.1, -0.05) is 11.6 Å². The zero-order valence-electron chi connectivity index (χ0n) is 20.5. The van der Waals surface area contributed by atoms with Crippen LogP contribution in [0, 0.1) is 12.3 Å². The van der Waals surface area contributed by atoms with Crippen LogP contribution in [0.4, 0.5) is 13.2 Å². The van der Waals surface area contributed by atoms with Gasteiger partial charge >= 0.3 is 12.1 Å². The van der Waals surface area contributed by atoms with Gasteiger partial charge in [0.1, 0.15) is 21.8 Å². The van der Waals surface area contributed by atoms with E-state index in [0.717, 1.165) is 15.6 Å². The Morgan fingerprint density at radius 2 is 1.97 bits per heavy atom. The van der Waals surface area contributed by atoms with Crippen molar-refractivity contribution in [3.63, 3.8) is 0 Å². The maximum Gasteiger partial charge on any atom is 0.490 e. The summed E-state index contributed by atoms with van der Waals surface area (Å²) in [6, 6.07) is 7.93. The normalized spacial score (nSPS) is 15.9. The van der Waals surface area contributed by atoms with Crippen molar-refractivity contribution >= 4 is 60.8 Å². The molecule has 0 aliphatic carbocycles. The molecule has 0 spiro atoms. The second-order valence-corrected chi connectivity index (χ2v) is 12.2. The van der Waals surface area contributed by atoms with Crippen molar-refractivity contribution in [1.29, 1.82) is 5.41 Å². The fourth-order valence-electron chi connectivity index (χ4n) is 3.87. The van der Waals surface area contributed by atoms with E-state index >= 15 is 0 Å². The van der Waals surface area contributed by atoms with Crippen LogP contribution in [0.2, 0.25) is 5.02 Å². The Balaban J connectivity index is 0.000000532. The molecule has 1 fully saturated rings. The second kappa shape index (κ2) is 11.5. The van der Waals surface area contributed by atoms with E-state index < -0.39 is 28.2 Å². The minimum atomic E-state index is -5.08. The van der Waals surface area contributed by atoms with Crippen LogP contribution in [0.3, 0.4) is 0 Å². The number of aryl methyl sites for hydroxylation is 1. The predicted octanol–water partition coefficient (Wildman–Crippen LogP) is 3.60. The Morgan fingerprint density at radius 1 is 1.33 bits per heavy atom. The highest BCUT2D eigenvalue weighted by Gasteiger charge is 2.41. The third-order valence-electron chi connectivity index (χ3n) is 5.89. The number of nitrogens with zero attached hydrogens (tertiary/aromatic N) is 3. The molecule has 1 aromatic carbocycles. The van der Waals surface area contributed by atoms with Crippen molar-refractivity contribution in [1.82, 2.24) is 14.2 Å². The highest BCUT2D eigenvalue weighted by atomic mass is 35.5. The summed E-state index contributed by atoms with van der Waals surface area (Å²) in [5.74, 6) is -3.16. The first-order chi connectivity index (χ1) is 18.0. The molecule has 1 saturated heterocycles. The van der Waals surface area contributed by atoms with Gasteiger partial charge < -0.3 is 15.7 Å². The van der Waals surface area contributed by atoms with Gasteiger partial charge in [0.15, 0.2) is 0 Å². The number of likely N-dealkylation sites (N-methyl/N-ethyl adjacent to an activating group) is 1. The number of sulfonamides is 1. The molecule has 0 unspecified atom stereocenters. The molecule has 1 atom stereocenters. The van der Waals surface area contributed by atoms with Crippen LogP contribution in [0.15, 0.2) is 40.7 Å². The zero-order chi connectivity index (χ0) is 29.3. The van der Waals surface area contributed by atoms with Crippen molar-refractivity contribution in [2.75, 3.05) is 13.6 Å². The Kier molecular flexibility index (Phi) is 8.89. The standard InChI is InChI=1S/C21H22ClN5O3S2.C2HF3O2/c1-12-15-10-14(22)3-4-18(15)31-21(12)32(29,30)26(2)17-6-8-27(20(17)28)11-13-5-7-25-16(9-13)19(23)24;3-2(4,5)1(6)7/h3-5,7,9-10,17H,6,8,11H2,1-2H3,(H3,23,24);(H,6,7)/t17-;/m0./s1. The molecule has 1 aliphatic rings. The number of rotatable bonds is 6. The van der Waals surface area contributed by atoms with Gasteiger partial charge in [-0.25, -0.2) is 13.2 Å². The van der Waals surface area contributed by atoms with Gasteiger partial charge in [-0.05, 0) is 60.2 Å². The summed E-state index contributed by atoms with van der Waals surface area (Å²) in [6.07, 6.45) is -3.15. The summed E-state index contributed by atoms with van der Waals surface area (Å²) < 4.78 is 60.8. The number of hydrogen-bond donors (Lipinski definition) is 3. The van der Waals surface area contributed by atoms with E-state index in [4.69, 9.17) is 32.6 Å². The molecule has 210 valence electrons. The number of nitrogens with one attached hydrogen (secondary N) is 1. The molecule has 4 N–H and O–H groups in total. The van der Waals surface area contributed by atoms with E-state index in [-0.39, 0.29) is 16.0 Å². The van der Waals surface area contributed by atoms with Crippen LogP contribution in [0.1, 0.15) is 23.2 Å². The Bertz CT molecular complexity index is 1540. The van der Waals surface area contributed by atoms with E-state index in [0.29, 0.717) is 35.8 Å². The van der Waals surface area contributed by atoms with Gasteiger partial charge in [-0.15, -0.1) is 11.3 Å². The van der Waals surface area contributed by atoms with Gasteiger partial charge in [0.25, 0.3) is 10.0 Å². The van der Waals surface area contributed by atoms with Crippen LogP contribution in [0.5, 0.6) is 0 Å². The lowest BCUT2D eigenvalue weighted by molar-refractivity contribution is -0.192. The number of carboxylic acid groups (broad SMARTS) is 1. The molecule has 3 heterocycles. The summed E-state index contributed by atoms with van der Waals surface area (Å²) in [7, 11) is -2.41. The van der Waals surface area contributed by atoms with Crippen LogP contribution < -0.4 is 5.73 Å². The number of hydrogen-bond acceptors (Lipinski definition) is 7. The summed E-state index contributed by atoms with van der Waals surface area (Å²) >= 11 is 7.26. The Hall–Kier alpha value is -3.27. The smallest absolute Gasteiger partial charge is 0.475 e. The first-order valence-electron chi connectivity index (χ1n) is 11.1. The number of fused-ring (bicyclic) bond motifs is 1. The summed E-state index contributed by atoms with van der Waals surface area (Å²) in [4.78, 5) is 27.6. The molecular formula is C23H23ClF3N5O5S2. The van der Waals surface area contributed by atoms with Crippen LogP contribution in [-0.4, -0.2) is 71.2 Å². The average molecular weight is 606 g/mol. The number of halogens is 4. The SMILES string of the molecule is Cc1c(S(=O)(=O)N(C)[C@H]2CCN(Cc3ccnc(C(=N)N)c3)C2=O)sc2ccc(Cl)cc12.O=C(O)C(F)(F)F. The van der Waals surface area contributed by atoms with Crippen molar-refractivity contribution in [3.8, 4) is 0 Å². The number of carbonyl (C=O) groups is 2. The number of nitrogen functional groups attached to an aromatic ring is 1. The van der Waals surface area contributed by atoms with Crippen LogP contribution in [0.25, 0.3) is 10.1 Å². The van der Waals surface area contributed by atoms with E-state index in [1.54, 1.807) is 42.2 Å². The number of pyridine rings is 1. The number of thiophene rings is 1. The number of benzene rings is 1. The quantitative estimate of drug-likeness (QED) is 0.286. The Morgan fingerprint density at radius 3 is 2.56 bits per heavy atom. The van der Waals surface area contributed by atoms with Gasteiger partial charge in [-0.3, -0.25) is 15.2 Å². The number of amidine groups is 1. The third kappa shape index (κ3) is 6.66. The van der Waals surface area contributed by atoms with Crippen LogP contribution in [-0.2, 0) is 26.2 Å². The number of amides is 1. The van der Waals surface area contributed by atoms with E-state index in [2.05, 4.69) is 4.98 Å². The molecular weight excluding hydrogens is 583 g/mol. The van der Waals surface area contributed by atoms with Crippen molar-refractivity contribution < 1.29 is 36.3 Å². The Labute approximate surface area is 230 Å². The largest absolute Gasteiger partial charge is 0.490 e. The molecule has 0 bridgehead atoms. The maximum absolute atomic E-state index is 13.4. The first kappa shape index (κ1) is 30.3. The number of nitrogens with two attached hydrogens (primary N) is 1. The summed E-state index contributed by atoms with van der Waals surface area (Å²) in [5, 5.41) is 16.0. The predicted molar refractivity (Wildman–Crippen MR) is 139 cm³/mol. The molecule has 0 saturated carbocycles. The highest BCUT2D eigenvalue weighted by Crippen LogP contribution is 2.37. The lowest BCUT2D eigenvalue weighted by Crippen LogP contribution is -2.42.